The van der Waals surface area contributed by atoms with Crippen LogP contribution in [0.1, 0.15) is 55.5 Å². The molecule has 0 aromatic heterocycles. The van der Waals surface area contributed by atoms with Crippen molar-refractivity contribution in [1.29, 1.82) is 0 Å². The lowest BCUT2D eigenvalue weighted by Crippen LogP contribution is -2.10. The van der Waals surface area contributed by atoms with Gasteiger partial charge in [0.25, 0.3) is 0 Å². The van der Waals surface area contributed by atoms with Crippen LogP contribution in [0.15, 0.2) is 24.3 Å². The first-order chi connectivity index (χ1) is 9.02. The van der Waals surface area contributed by atoms with Crippen molar-refractivity contribution >= 4 is 11.8 Å². The lowest BCUT2D eigenvalue weighted by atomic mass is 9.96. The SMILES string of the molecule is CCCCc1ccc(C(=O)CC(C)CC(=O)O)cc1. The lowest BCUT2D eigenvalue weighted by molar-refractivity contribution is -0.137. The van der Waals surface area contributed by atoms with Gasteiger partial charge in [-0.05, 0) is 24.3 Å². The average Bonchev–Trinajstić information content (AvgIpc) is 2.35. The molecule has 104 valence electrons. The molecule has 0 saturated carbocycles. The zero-order valence-electron chi connectivity index (χ0n) is 11.7. The topological polar surface area (TPSA) is 54.4 Å². The number of carboxylic acids is 1. The third-order valence-corrected chi connectivity index (χ3v) is 3.15. The van der Waals surface area contributed by atoms with E-state index in [1.165, 1.54) is 5.56 Å². The number of aryl methyl sites for hydroxylation is 1. The van der Waals surface area contributed by atoms with Crippen molar-refractivity contribution in [2.75, 3.05) is 0 Å². The summed E-state index contributed by atoms with van der Waals surface area (Å²) in [4.78, 5) is 22.5. The number of unbranched alkanes of at least 4 members (excludes halogenated alkanes) is 1. The van der Waals surface area contributed by atoms with Crippen molar-refractivity contribution in [3.8, 4) is 0 Å². The number of carbonyl (C=O) groups excluding carboxylic acids is 1. The molecule has 0 aliphatic heterocycles. The van der Waals surface area contributed by atoms with E-state index in [-0.39, 0.29) is 18.1 Å². The highest BCUT2D eigenvalue weighted by atomic mass is 16.4. The third kappa shape index (κ3) is 5.69. The van der Waals surface area contributed by atoms with Crippen LogP contribution in [0.25, 0.3) is 0 Å². The van der Waals surface area contributed by atoms with Gasteiger partial charge in [-0.2, -0.15) is 0 Å². The molecule has 0 amide bonds. The number of carboxylic acid groups (broad SMARTS) is 1. The standard InChI is InChI=1S/C16H22O3/c1-3-4-5-13-6-8-14(9-7-13)15(17)10-12(2)11-16(18)19/h6-9,12H,3-5,10-11H2,1-2H3,(H,18,19). The third-order valence-electron chi connectivity index (χ3n) is 3.15. The minimum atomic E-state index is -0.852. The summed E-state index contributed by atoms with van der Waals surface area (Å²) >= 11 is 0. The first kappa shape index (κ1) is 15.4. The van der Waals surface area contributed by atoms with Gasteiger partial charge in [-0.3, -0.25) is 9.59 Å². The molecular weight excluding hydrogens is 240 g/mol. The molecule has 3 nitrogen and oxygen atoms in total. The Labute approximate surface area is 114 Å². The second-order valence-corrected chi connectivity index (χ2v) is 5.13. The van der Waals surface area contributed by atoms with Crippen LogP contribution in [-0.4, -0.2) is 16.9 Å². The molecule has 0 spiro atoms. The second kappa shape index (κ2) is 7.72. The van der Waals surface area contributed by atoms with Crippen molar-refractivity contribution in [1.82, 2.24) is 0 Å². The van der Waals surface area contributed by atoms with Crippen molar-refractivity contribution in [3.63, 3.8) is 0 Å². The van der Waals surface area contributed by atoms with Crippen LogP contribution in [0.3, 0.4) is 0 Å². The highest BCUT2D eigenvalue weighted by Gasteiger charge is 2.14. The van der Waals surface area contributed by atoms with Crippen molar-refractivity contribution < 1.29 is 14.7 Å². The van der Waals surface area contributed by atoms with Gasteiger partial charge in [0.2, 0.25) is 0 Å². The Morgan fingerprint density at radius 1 is 1.16 bits per heavy atom. The minimum Gasteiger partial charge on any atom is -0.481 e. The Kier molecular flexibility index (Phi) is 6.26. The first-order valence-corrected chi connectivity index (χ1v) is 6.86. The van der Waals surface area contributed by atoms with Crippen molar-refractivity contribution in [2.45, 2.75) is 46.0 Å². The van der Waals surface area contributed by atoms with E-state index in [0.29, 0.717) is 12.0 Å². The maximum absolute atomic E-state index is 12.0. The Balaban J connectivity index is 2.55. The van der Waals surface area contributed by atoms with Crippen LogP contribution in [-0.2, 0) is 11.2 Å². The Bertz CT molecular complexity index is 420. The van der Waals surface area contributed by atoms with Gasteiger partial charge in [-0.25, -0.2) is 0 Å². The van der Waals surface area contributed by atoms with Gasteiger partial charge in [0.1, 0.15) is 0 Å². The highest BCUT2D eigenvalue weighted by Crippen LogP contribution is 2.14. The highest BCUT2D eigenvalue weighted by molar-refractivity contribution is 5.96. The molecule has 1 atom stereocenters. The summed E-state index contributed by atoms with van der Waals surface area (Å²) in [5.74, 6) is -0.948. The molecular formula is C16H22O3. The second-order valence-electron chi connectivity index (χ2n) is 5.13. The van der Waals surface area contributed by atoms with Crippen LogP contribution < -0.4 is 0 Å². The number of ketones is 1. The monoisotopic (exact) mass is 262 g/mol. The van der Waals surface area contributed by atoms with Crippen LogP contribution in [0, 0.1) is 5.92 Å². The summed E-state index contributed by atoms with van der Waals surface area (Å²) in [6, 6.07) is 7.68. The summed E-state index contributed by atoms with van der Waals surface area (Å²) in [7, 11) is 0. The number of rotatable bonds is 8. The molecule has 0 saturated heterocycles. The maximum Gasteiger partial charge on any atom is 0.303 e. The van der Waals surface area contributed by atoms with E-state index >= 15 is 0 Å². The quantitative estimate of drug-likeness (QED) is 0.726. The fourth-order valence-corrected chi connectivity index (χ4v) is 2.04. The van der Waals surface area contributed by atoms with E-state index in [4.69, 9.17) is 5.11 Å². The van der Waals surface area contributed by atoms with E-state index in [9.17, 15) is 9.59 Å². The fraction of sp³-hybridized carbons (Fsp3) is 0.500. The molecule has 0 aliphatic carbocycles. The van der Waals surface area contributed by atoms with Gasteiger partial charge < -0.3 is 5.11 Å². The molecule has 0 bridgehead atoms. The number of hydrogen-bond acceptors (Lipinski definition) is 2. The van der Waals surface area contributed by atoms with Crippen LogP contribution in [0.2, 0.25) is 0 Å². The summed E-state index contributed by atoms with van der Waals surface area (Å²) in [5.41, 5.74) is 1.93. The number of benzene rings is 1. The van der Waals surface area contributed by atoms with Crippen LogP contribution in [0.5, 0.6) is 0 Å². The lowest BCUT2D eigenvalue weighted by Gasteiger charge is -2.08. The van der Waals surface area contributed by atoms with E-state index < -0.39 is 5.97 Å². The summed E-state index contributed by atoms with van der Waals surface area (Å²) < 4.78 is 0. The van der Waals surface area contributed by atoms with E-state index in [2.05, 4.69) is 6.92 Å². The van der Waals surface area contributed by atoms with Gasteiger partial charge >= 0.3 is 5.97 Å². The van der Waals surface area contributed by atoms with Crippen LogP contribution in [0.4, 0.5) is 0 Å². The average molecular weight is 262 g/mol. The fourth-order valence-electron chi connectivity index (χ4n) is 2.04. The Hall–Kier alpha value is -1.64. The van der Waals surface area contributed by atoms with E-state index in [1.807, 2.05) is 24.3 Å². The molecule has 1 N–H and O–H groups in total. The van der Waals surface area contributed by atoms with Crippen molar-refractivity contribution in [3.05, 3.63) is 35.4 Å². The number of hydrogen-bond donors (Lipinski definition) is 1. The molecule has 0 fully saturated rings. The van der Waals surface area contributed by atoms with E-state index in [0.717, 1.165) is 19.3 Å². The molecule has 1 aromatic carbocycles. The van der Waals surface area contributed by atoms with Crippen molar-refractivity contribution in [2.24, 2.45) is 5.92 Å². The smallest absolute Gasteiger partial charge is 0.303 e. The number of aliphatic carboxylic acids is 1. The molecule has 3 heteroatoms. The molecule has 0 aliphatic rings. The molecule has 0 radical (unpaired) electrons. The zero-order chi connectivity index (χ0) is 14.3. The predicted octanol–water partition coefficient (Wildman–Crippen LogP) is 3.71. The van der Waals surface area contributed by atoms with Gasteiger partial charge in [-0.15, -0.1) is 0 Å². The van der Waals surface area contributed by atoms with Crippen LogP contribution >= 0.6 is 0 Å². The molecule has 19 heavy (non-hydrogen) atoms. The zero-order valence-corrected chi connectivity index (χ0v) is 11.7. The molecule has 1 unspecified atom stereocenters. The number of carbonyl (C=O) groups is 2. The first-order valence-electron chi connectivity index (χ1n) is 6.86. The summed E-state index contributed by atoms with van der Waals surface area (Å²) in [6.45, 7) is 3.95. The summed E-state index contributed by atoms with van der Waals surface area (Å²) in [6.07, 6.45) is 3.69. The van der Waals surface area contributed by atoms with Gasteiger partial charge in [-0.1, -0.05) is 44.5 Å². The normalized spacial score (nSPS) is 12.1. The van der Waals surface area contributed by atoms with Gasteiger partial charge in [0, 0.05) is 18.4 Å². The summed E-state index contributed by atoms with van der Waals surface area (Å²) in [5, 5.41) is 8.67. The predicted molar refractivity (Wildman–Crippen MR) is 75.4 cm³/mol. The largest absolute Gasteiger partial charge is 0.481 e. The maximum atomic E-state index is 12.0. The van der Waals surface area contributed by atoms with E-state index in [1.54, 1.807) is 6.92 Å². The Morgan fingerprint density at radius 3 is 2.32 bits per heavy atom. The van der Waals surface area contributed by atoms with Gasteiger partial charge in [0.05, 0.1) is 0 Å². The molecule has 1 rings (SSSR count). The molecule has 0 heterocycles. The number of Topliss-reactive ketones (excluding diaryl/α,β-unsaturated/α-hetero) is 1. The van der Waals surface area contributed by atoms with Gasteiger partial charge in [0.15, 0.2) is 5.78 Å². The Morgan fingerprint density at radius 2 is 1.79 bits per heavy atom. The minimum absolute atomic E-state index is 0.0239. The molecule has 1 aromatic rings.